The van der Waals surface area contributed by atoms with Gasteiger partial charge in [-0.2, -0.15) is 0 Å². The molecule has 2 heterocycles. The van der Waals surface area contributed by atoms with Gasteiger partial charge in [-0.3, -0.25) is 4.79 Å². The minimum absolute atomic E-state index is 0.0376. The molecule has 1 aliphatic heterocycles. The molecule has 25 heavy (non-hydrogen) atoms. The van der Waals surface area contributed by atoms with E-state index in [0.717, 1.165) is 0 Å². The first-order chi connectivity index (χ1) is 11.9. The third-order valence-electron chi connectivity index (χ3n) is 4.44. The average Bonchev–Trinajstić information content (AvgIpc) is 2.55. The summed E-state index contributed by atoms with van der Waals surface area (Å²) in [4.78, 5) is 16.2. The molecule has 132 valence electrons. The SMILES string of the molecule is O=C(O)CC1CCN(c2c(F)cc(-c3cccc(O)n3)cc2F)CC1. The number of carboxylic acid groups (broad SMARTS) is 1. The number of aliphatic carboxylic acids is 1. The molecular formula is C18H18F2N2O3. The number of hydrogen-bond acceptors (Lipinski definition) is 4. The van der Waals surface area contributed by atoms with Gasteiger partial charge in [-0.1, -0.05) is 6.07 Å². The fourth-order valence-corrected chi connectivity index (χ4v) is 3.21. The van der Waals surface area contributed by atoms with Crippen LogP contribution in [-0.4, -0.2) is 34.3 Å². The Bertz CT molecular complexity index is 767. The minimum Gasteiger partial charge on any atom is -0.493 e. The molecule has 1 fully saturated rings. The smallest absolute Gasteiger partial charge is 0.303 e. The van der Waals surface area contributed by atoms with Gasteiger partial charge in [0.05, 0.1) is 5.69 Å². The molecule has 0 amide bonds. The number of carbonyl (C=O) groups is 1. The molecule has 0 radical (unpaired) electrons. The third kappa shape index (κ3) is 3.87. The van der Waals surface area contributed by atoms with Crippen molar-refractivity contribution in [3.05, 3.63) is 42.0 Å². The van der Waals surface area contributed by atoms with Crippen LogP contribution in [0.5, 0.6) is 5.88 Å². The second kappa shape index (κ2) is 7.04. The summed E-state index contributed by atoms with van der Waals surface area (Å²) in [6, 6.07) is 6.89. The van der Waals surface area contributed by atoms with E-state index >= 15 is 0 Å². The van der Waals surface area contributed by atoms with Gasteiger partial charge in [-0.25, -0.2) is 13.8 Å². The topological polar surface area (TPSA) is 73.7 Å². The van der Waals surface area contributed by atoms with E-state index in [1.807, 2.05) is 0 Å². The Balaban J connectivity index is 1.81. The van der Waals surface area contributed by atoms with E-state index in [1.54, 1.807) is 17.0 Å². The number of aromatic hydroxyl groups is 1. The number of pyridine rings is 1. The quantitative estimate of drug-likeness (QED) is 0.886. The molecular weight excluding hydrogens is 330 g/mol. The highest BCUT2D eigenvalue weighted by molar-refractivity contribution is 5.67. The Kier molecular flexibility index (Phi) is 4.83. The van der Waals surface area contributed by atoms with Crippen molar-refractivity contribution >= 4 is 11.7 Å². The Labute approximate surface area is 143 Å². The van der Waals surface area contributed by atoms with Gasteiger partial charge in [0.2, 0.25) is 5.88 Å². The molecule has 0 spiro atoms. The zero-order valence-electron chi connectivity index (χ0n) is 13.5. The molecule has 0 aliphatic carbocycles. The molecule has 1 aliphatic rings. The summed E-state index contributed by atoms with van der Waals surface area (Å²) >= 11 is 0. The van der Waals surface area contributed by atoms with Gasteiger partial charge in [0.1, 0.15) is 17.3 Å². The molecule has 0 saturated carbocycles. The number of piperidine rings is 1. The maximum atomic E-state index is 14.5. The number of halogens is 2. The van der Waals surface area contributed by atoms with Crippen molar-refractivity contribution in [2.75, 3.05) is 18.0 Å². The first-order valence-corrected chi connectivity index (χ1v) is 8.06. The molecule has 7 heteroatoms. The monoisotopic (exact) mass is 348 g/mol. The van der Waals surface area contributed by atoms with Crippen molar-refractivity contribution in [2.24, 2.45) is 5.92 Å². The fraction of sp³-hybridized carbons (Fsp3) is 0.333. The molecule has 0 bridgehead atoms. The molecule has 0 unspecified atom stereocenters. The number of hydrogen-bond donors (Lipinski definition) is 2. The number of carboxylic acids is 1. The summed E-state index contributed by atoms with van der Waals surface area (Å²) in [6.07, 6.45) is 1.25. The fourth-order valence-electron chi connectivity index (χ4n) is 3.21. The molecule has 0 atom stereocenters. The van der Waals surface area contributed by atoms with Crippen LogP contribution in [-0.2, 0) is 4.79 Å². The lowest BCUT2D eigenvalue weighted by molar-refractivity contribution is -0.138. The lowest BCUT2D eigenvalue weighted by Crippen LogP contribution is -2.35. The summed E-state index contributed by atoms with van der Waals surface area (Å²) < 4.78 is 29.0. The minimum atomic E-state index is -0.848. The Morgan fingerprint density at radius 2 is 1.84 bits per heavy atom. The van der Waals surface area contributed by atoms with Crippen LogP contribution in [0.3, 0.4) is 0 Å². The van der Waals surface area contributed by atoms with E-state index in [9.17, 15) is 18.7 Å². The first-order valence-electron chi connectivity index (χ1n) is 8.06. The number of benzene rings is 1. The third-order valence-corrected chi connectivity index (χ3v) is 4.44. The van der Waals surface area contributed by atoms with Crippen molar-refractivity contribution in [1.29, 1.82) is 0 Å². The van der Waals surface area contributed by atoms with Crippen LogP contribution in [0.25, 0.3) is 11.3 Å². The van der Waals surface area contributed by atoms with Crippen LogP contribution in [0.1, 0.15) is 19.3 Å². The second-order valence-corrected chi connectivity index (χ2v) is 6.20. The van der Waals surface area contributed by atoms with Crippen LogP contribution in [0.15, 0.2) is 30.3 Å². The van der Waals surface area contributed by atoms with Crippen LogP contribution in [0, 0.1) is 17.6 Å². The molecule has 2 aromatic rings. The van der Waals surface area contributed by atoms with Crippen molar-refractivity contribution in [3.63, 3.8) is 0 Å². The van der Waals surface area contributed by atoms with E-state index in [-0.39, 0.29) is 35.2 Å². The Morgan fingerprint density at radius 3 is 2.40 bits per heavy atom. The number of rotatable bonds is 4. The van der Waals surface area contributed by atoms with Crippen molar-refractivity contribution in [3.8, 4) is 17.1 Å². The summed E-state index contributed by atoms with van der Waals surface area (Å²) in [5.41, 5.74) is 0.428. The van der Waals surface area contributed by atoms with Crippen LogP contribution in [0.2, 0.25) is 0 Å². The predicted molar refractivity (Wildman–Crippen MR) is 88.4 cm³/mol. The van der Waals surface area contributed by atoms with Gasteiger partial charge in [0, 0.05) is 31.1 Å². The molecule has 3 rings (SSSR count). The summed E-state index contributed by atoms with van der Waals surface area (Å²) in [5.74, 6) is -2.43. The zero-order chi connectivity index (χ0) is 18.0. The van der Waals surface area contributed by atoms with Crippen LogP contribution in [0.4, 0.5) is 14.5 Å². The standard InChI is InChI=1S/C18H18F2N2O3/c19-13-9-12(15-2-1-3-16(23)21-15)10-14(20)18(13)22-6-4-11(5-7-22)8-17(24)25/h1-3,9-11H,4-8H2,(H,21,23)(H,24,25). The van der Waals surface area contributed by atoms with Gasteiger partial charge in [0.25, 0.3) is 0 Å². The van der Waals surface area contributed by atoms with Gasteiger partial charge in [-0.15, -0.1) is 0 Å². The van der Waals surface area contributed by atoms with E-state index < -0.39 is 17.6 Å². The second-order valence-electron chi connectivity index (χ2n) is 6.20. The van der Waals surface area contributed by atoms with E-state index in [2.05, 4.69) is 4.98 Å². The average molecular weight is 348 g/mol. The van der Waals surface area contributed by atoms with Crippen LogP contribution < -0.4 is 4.90 Å². The number of anilines is 1. The highest BCUT2D eigenvalue weighted by atomic mass is 19.1. The normalized spacial score (nSPS) is 15.4. The summed E-state index contributed by atoms with van der Waals surface area (Å²) in [5, 5.41) is 18.2. The van der Waals surface area contributed by atoms with Gasteiger partial charge >= 0.3 is 5.97 Å². The van der Waals surface area contributed by atoms with Gasteiger partial charge in [0.15, 0.2) is 0 Å². The summed E-state index contributed by atoms with van der Waals surface area (Å²) in [6.45, 7) is 0.824. The number of aromatic nitrogens is 1. The lowest BCUT2D eigenvalue weighted by atomic mass is 9.93. The predicted octanol–water partition coefficient (Wildman–Crippen LogP) is 3.42. The highest BCUT2D eigenvalue weighted by Crippen LogP contribution is 2.32. The molecule has 2 N–H and O–H groups in total. The van der Waals surface area contributed by atoms with Gasteiger partial charge < -0.3 is 15.1 Å². The van der Waals surface area contributed by atoms with Crippen molar-refractivity contribution < 1.29 is 23.8 Å². The molecule has 1 saturated heterocycles. The first kappa shape index (κ1) is 17.1. The van der Waals surface area contributed by atoms with Crippen LogP contribution >= 0.6 is 0 Å². The summed E-state index contributed by atoms with van der Waals surface area (Å²) in [7, 11) is 0. The number of nitrogens with zero attached hydrogens (tertiary/aromatic N) is 2. The van der Waals surface area contributed by atoms with Gasteiger partial charge in [-0.05, 0) is 37.0 Å². The molecule has 1 aromatic heterocycles. The van der Waals surface area contributed by atoms with Crippen molar-refractivity contribution in [2.45, 2.75) is 19.3 Å². The zero-order valence-corrected chi connectivity index (χ0v) is 13.5. The van der Waals surface area contributed by atoms with E-state index in [4.69, 9.17) is 5.11 Å². The maximum Gasteiger partial charge on any atom is 0.303 e. The molecule has 5 nitrogen and oxygen atoms in total. The molecule has 1 aromatic carbocycles. The highest BCUT2D eigenvalue weighted by Gasteiger charge is 2.25. The van der Waals surface area contributed by atoms with Crippen molar-refractivity contribution in [1.82, 2.24) is 4.98 Å². The Morgan fingerprint density at radius 1 is 1.20 bits per heavy atom. The van der Waals surface area contributed by atoms with E-state index in [0.29, 0.717) is 25.9 Å². The Hall–Kier alpha value is -2.70. The van der Waals surface area contributed by atoms with E-state index in [1.165, 1.54) is 18.2 Å². The largest absolute Gasteiger partial charge is 0.493 e. The lowest BCUT2D eigenvalue weighted by Gasteiger charge is -2.33. The maximum absolute atomic E-state index is 14.5.